The summed E-state index contributed by atoms with van der Waals surface area (Å²) in [6.45, 7) is 5.08. The third kappa shape index (κ3) is 7.10. The van der Waals surface area contributed by atoms with Gasteiger partial charge in [0.05, 0.1) is 0 Å². The summed E-state index contributed by atoms with van der Waals surface area (Å²) in [4.78, 5) is 29.1. The summed E-state index contributed by atoms with van der Waals surface area (Å²) < 4.78 is 0. The normalized spacial score (nSPS) is 18.3. The maximum absolute atomic E-state index is 12.6. The Bertz CT molecular complexity index is 605. The van der Waals surface area contributed by atoms with Crippen molar-refractivity contribution < 1.29 is 9.59 Å². The summed E-state index contributed by atoms with van der Waals surface area (Å²) in [7, 11) is 0. The van der Waals surface area contributed by atoms with Crippen LogP contribution >= 0.6 is 12.4 Å². The molecule has 3 rings (SSSR count). The maximum atomic E-state index is 12.6. The zero-order valence-corrected chi connectivity index (χ0v) is 17.6. The van der Waals surface area contributed by atoms with Crippen LogP contribution in [0.5, 0.6) is 0 Å². The highest BCUT2D eigenvalue weighted by Gasteiger charge is 2.23. The number of nitrogens with zero attached hydrogens (tertiary/aromatic N) is 2. The first kappa shape index (κ1) is 22.7. The van der Waals surface area contributed by atoms with Crippen molar-refractivity contribution in [2.45, 2.75) is 44.9 Å². The highest BCUT2D eigenvalue weighted by atomic mass is 35.5. The van der Waals surface area contributed by atoms with E-state index in [9.17, 15) is 9.59 Å². The van der Waals surface area contributed by atoms with E-state index in [0.717, 1.165) is 45.4 Å². The second kappa shape index (κ2) is 12.1. The quantitative estimate of drug-likeness (QED) is 0.788. The minimum Gasteiger partial charge on any atom is -0.341 e. The van der Waals surface area contributed by atoms with Crippen molar-refractivity contribution in [3.05, 3.63) is 35.9 Å². The van der Waals surface area contributed by atoms with Gasteiger partial charge in [0.25, 0.3) is 0 Å². The molecular weight excluding hydrogens is 374 g/mol. The van der Waals surface area contributed by atoms with E-state index in [1.807, 2.05) is 28.0 Å². The maximum Gasteiger partial charge on any atom is 0.222 e. The van der Waals surface area contributed by atoms with Gasteiger partial charge in [-0.05, 0) is 56.7 Å². The number of carbonyl (C=O) groups excluding carboxylic acids is 2. The van der Waals surface area contributed by atoms with Gasteiger partial charge >= 0.3 is 0 Å². The molecule has 2 heterocycles. The number of hydrogen-bond acceptors (Lipinski definition) is 3. The number of amides is 2. The first-order valence-corrected chi connectivity index (χ1v) is 10.5. The molecule has 156 valence electrons. The highest BCUT2D eigenvalue weighted by molar-refractivity contribution is 5.85. The summed E-state index contributed by atoms with van der Waals surface area (Å²) in [5, 5.41) is 3.38. The summed E-state index contributed by atoms with van der Waals surface area (Å²) in [6.07, 6.45) is 6.27. The summed E-state index contributed by atoms with van der Waals surface area (Å²) in [6, 6.07) is 10.2. The van der Waals surface area contributed by atoms with Crippen LogP contribution in [0.2, 0.25) is 0 Å². The third-order valence-corrected chi connectivity index (χ3v) is 5.90. The van der Waals surface area contributed by atoms with Gasteiger partial charge in [-0.25, -0.2) is 0 Å². The molecule has 1 N–H and O–H groups in total. The Morgan fingerprint density at radius 2 is 1.50 bits per heavy atom. The molecule has 2 amide bonds. The summed E-state index contributed by atoms with van der Waals surface area (Å²) in [5.41, 5.74) is 1.20. The van der Waals surface area contributed by atoms with Gasteiger partial charge in [-0.3, -0.25) is 9.59 Å². The molecule has 0 bridgehead atoms. The van der Waals surface area contributed by atoms with E-state index in [-0.39, 0.29) is 24.2 Å². The van der Waals surface area contributed by atoms with E-state index in [0.29, 0.717) is 31.8 Å². The van der Waals surface area contributed by atoms with Crippen molar-refractivity contribution in [2.24, 2.45) is 5.92 Å². The van der Waals surface area contributed by atoms with Crippen molar-refractivity contribution in [2.75, 3.05) is 39.3 Å². The van der Waals surface area contributed by atoms with Crippen LogP contribution in [0, 0.1) is 5.92 Å². The van der Waals surface area contributed by atoms with Crippen LogP contribution in [0.25, 0.3) is 0 Å². The monoisotopic (exact) mass is 407 g/mol. The van der Waals surface area contributed by atoms with Gasteiger partial charge in [0.1, 0.15) is 0 Å². The Labute approximate surface area is 175 Å². The van der Waals surface area contributed by atoms with Gasteiger partial charge in [-0.2, -0.15) is 0 Å². The molecule has 0 radical (unpaired) electrons. The average molecular weight is 408 g/mol. The first-order chi connectivity index (χ1) is 13.2. The lowest BCUT2D eigenvalue weighted by molar-refractivity contribution is -0.133. The lowest BCUT2D eigenvalue weighted by Crippen LogP contribution is -2.37. The lowest BCUT2D eigenvalue weighted by atomic mass is 9.93. The number of hydrogen-bond donors (Lipinski definition) is 1. The van der Waals surface area contributed by atoms with Crippen LogP contribution in [0.3, 0.4) is 0 Å². The molecule has 0 saturated carbocycles. The molecule has 0 aromatic heterocycles. The minimum absolute atomic E-state index is 0. The number of benzene rings is 1. The largest absolute Gasteiger partial charge is 0.341 e. The van der Waals surface area contributed by atoms with Crippen LogP contribution in [-0.4, -0.2) is 60.9 Å². The fraction of sp³-hybridized carbons (Fsp3) is 0.636. The van der Waals surface area contributed by atoms with Gasteiger partial charge < -0.3 is 15.1 Å². The molecule has 2 saturated heterocycles. The Kier molecular flexibility index (Phi) is 9.79. The van der Waals surface area contributed by atoms with Crippen molar-refractivity contribution in [1.82, 2.24) is 15.1 Å². The Morgan fingerprint density at radius 3 is 2.14 bits per heavy atom. The lowest BCUT2D eigenvalue weighted by Gasteiger charge is -2.25. The van der Waals surface area contributed by atoms with Crippen molar-refractivity contribution >= 4 is 24.2 Å². The fourth-order valence-corrected chi connectivity index (χ4v) is 4.13. The van der Waals surface area contributed by atoms with Crippen LogP contribution in [0.1, 0.15) is 44.1 Å². The van der Waals surface area contributed by atoms with Crippen molar-refractivity contribution in [3.63, 3.8) is 0 Å². The van der Waals surface area contributed by atoms with Crippen molar-refractivity contribution in [1.29, 1.82) is 0 Å². The topological polar surface area (TPSA) is 52.7 Å². The van der Waals surface area contributed by atoms with E-state index in [1.165, 1.54) is 18.4 Å². The van der Waals surface area contributed by atoms with Crippen LogP contribution in [0.4, 0.5) is 0 Å². The molecule has 5 nitrogen and oxygen atoms in total. The predicted molar refractivity (Wildman–Crippen MR) is 115 cm³/mol. The summed E-state index contributed by atoms with van der Waals surface area (Å²) in [5.74, 6) is 1.17. The molecule has 28 heavy (non-hydrogen) atoms. The van der Waals surface area contributed by atoms with Gasteiger partial charge in [0.2, 0.25) is 11.8 Å². The minimum atomic E-state index is 0. The fourth-order valence-electron chi connectivity index (χ4n) is 4.13. The van der Waals surface area contributed by atoms with Gasteiger partial charge in [-0.1, -0.05) is 30.3 Å². The number of rotatable bonds is 6. The second-order valence-electron chi connectivity index (χ2n) is 7.83. The molecule has 1 aromatic carbocycles. The molecular formula is C22H34ClN3O2. The van der Waals surface area contributed by atoms with E-state index >= 15 is 0 Å². The smallest absolute Gasteiger partial charge is 0.222 e. The van der Waals surface area contributed by atoms with Gasteiger partial charge in [0.15, 0.2) is 0 Å². The standard InChI is InChI=1S/C22H33N3O2.ClH/c26-21(9-7-19-5-2-1-3-6-19)24-15-4-16-25(18-17-24)22(27)10-8-20-11-13-23-14-12-20;/h1-3,5-6,20,23H,4,7-18H2;1H. The molecule has 2 aliphatic rings. The van der Waals surface area contributed by atoms with Crippen molar-refractivity contribution in [3.8, 4) is 0 Å². The summed E-state index contributed by atoms with van der Waals surface area (Å²) >= 11 is 0. The molecule has 0 aliphatic carbocycles. The van der Waals surface area contributed by atoms with E-state index in [2.05, 4.69) is 17.4 Å². The van der Waals surface area contributed by atoms with Gasteiger partial charge in [0, 0.05) is 39.0 Å². The van der Waals surface area contributed by atoms with Crippen LogP contribution in [-0.2, 0) is 16.0 Å². The molecule has 1 aromatic rings. The van der Waals surface area contributed by atoms with E-state index in [1.54, 1.807) is 0 Å². The van der Waals surface area contributed by atoms with Crippen LogP contribution in [0.15, 0.2) is 30.3 Å². The molecule has 6 heteroatoms. The zero-order chi connectivity index (χ0) is 18.9. The number of carbonyl (C=O) groups is 2. The first-order valence-electron chi connectivity index (χ1n) is 10.5. The predicted octanol–water partition coefficient (Wildman–Crippen LogP) is 2.88. The number of halogens is 1. The Morgan fingerprint density at radius 1 is 0.893 bits per heavy atom. The Balaban J connectivity index is 0.00000280. The molecule has 0 unspecified atom stereocenters. The number of piperidine rings is 1. The second-order valence-corrected chi connectivity index (χ2v) is 7.83. The SMILES string of the molecule is Cl.O=C(CCc1ccccc1)N1CCCN(C(=O)CCC2CCNCC2)CC1. The molecule has 2 fully saturated rings. The van der Waals surface area contributed by atoms with Crippen LogP contribution < -0.4 is 5.32 Å². The van der Waals surface area contributed by atoms with Gasteiger partial charge in [-0.15, -0.1) is 12.4 Å². The van der Waals surface area contributed by atoms with E-state index < -0.39 is 0 Å². The molecule has 2 aliphatic heterocycles. The Hall–Kier alpha value is -1.59. The molecule has 0 atom stereocenters. The highest BCUT2D eigenvalue weighted by Crippen LogP contribution is 2.19. The number of nitrogens with one attached hydrogen (secondary N) is 1. The molecule has 0 spiro atoms. The average Bonchev–Trinajstić information content (AvgIpc) is 2.98. The number of aryl methyl sites for hydroxylation is 1. The zero-order valence-electron chi connectivity index (χ0n) is 16.8. The third-order valence-electron chi connectivity index (χ3n) is 5.90. The van der Waals surface area contributed by atoms with E-state index in [4.69, 9.17) is 0 Å².